The second kappa shape index (κ2) is 9.05. The Balaban J connectivity index is 1.56. The van der Waals surface area contributed by atoms with Crippen molar-refractivity contribution in [3.63, 3.8) is 0 Å². The Kier molecular flexibility index (Phi) is 5.85. The minimum absolute atomic E-state index is 0.131. The largest absolute Gasteiger partial charge is 0.422 e. The van der Waals surface area contributed by atoms with Gasteiger partial charge in [-0.15, -0.1) is 0 Å². The predicted molar refractivity (Wildman–Crippen MR) is 120 cm³/mol. The van der Waals surface area contributed by atoms with Gasteiger partial charge in [-0.3, -0.25) is 0 Å². The molecule has 152 valence electrons. The highest BCUT2D eigenvalue weighted by Gasteiger charge is 2.22. The third-order valence-corrected chi connectivity index (χ3v) is 4.52. The molecule has 3 aromatic carbocycles. The van der Waals surface area contributed by atoms with Crippen molar-refractivity contribution in [2.75, 3.05) is 0 Å². The van der Waals surface area contributed by atoms with E-state index in [9.17, 15) is 9.59 Å². The summed E-state index contributed by atoms with van der Waals surface area (Å²) in [7, 11) is 0. The van der Waals surface area contributed by atoms with Gasteiger partial charge in [0.05, 0.1) is 5.56 Å². The first-order valence-corrected chi connectivity index (χ1v) is 9.72. The van der Waals surface area contributed by atoms with Gasteiger partial charge in [0.2, 0.25) is 5.90 Å². The van der Waals surface area contributed by atoms with Gasteiger partial charge in [0, 0.05) is 11.6 Å². The Hall–Kier alpha value is -4.25. The quantitative estimate of drug-likeness (QED) is 0.329. The maximum Gasteiger partial charge on any atom is 0.363 e. The second-order valence-electron chi connectivity index (χ2n) is 6.91. The van der Waals surface area contributed by atoms with Gasteiger partial charge in [-0.2, -0.15) is 0 Å². The number of benzene rings is 3. The van der Waals surface area contributed by atoms with Crippen molar-refractivity contribution < 1.29 is 19.1 Å². The summed E-state index contributed by atoms with van der Waals surface area (Å²) in [6.45, 7) is 1.91. The van der Waals surface area contributed by atoms with Crippen LogP contribution < -0.4 is 4.74 Å². The van der Waals surface area contributed by atoms with Crippen LogP contribution in [0.5, 0.6) is 5.75 Å². The van der Waals surface area contributed by atoms with Crippen LogP contribution in [-0.4, -0.2) is 17.8 Å². The van der Waals surface area contributed by atoms with Gasteiger partial charge >= 0.3 is 11.9 Å². The summed E-state index contributed by atoms with van der Waals surface area (Å²) in [6, 6.07) is 23.7. The van der Waals surface area contributed by atoms with Crippen LogP contribution in [-0.2, 0) is 9.53 Å². The van der Waals surface area contributed by atoms with Gasteiger partial charge in [0.15, 0.2) is 5.70 Å². The van der Waals surface area contributed by atoms with Gasteiger partial charge in [-0.1, -0.05) is 66.2 Å². The lowest BCUT2D eigenvalue weighted by Gasteiger charge is -2.08. The number of para-hydroxylation sites is 1. The van der Waals surface area contributed by atoms with E-state index < -0.39 is 11.9 Å². The van der Waals surface area contributed by atoms with Crippen LogP contribution in [0.1, 0.15) is 27.0 Å². The number of aryl methyl sites for hydroxylation is 1. The average molecular weight is 409 g/mol. The van der Waals surface area contributed by atoms with Crippen molar-refractivity contribution in [1.82, 2.24) is 0 Å². The maximum absolute atomic E-state index is 12.5. The van der Waals surface area contributed by atoms with Crippen molar-refractivity contribution >= 4 is 30.0 Å². The van der Waals surface area contributed by atoms with E-state index in [4.69, 9.17) is 9.47 Å². The van der Waals surface area contributed by atoms with Gasteiger partial charge in [-0.25, -0.2) is 14.6 Å². The lowest BCUT2D eigenvalue weighted by Crippen LogP contribution is -2.09. The van der Waals surface area contributed by atoms with E-state index in [1.807, 2.05) is 49.4 Å². The minimum Gasteiger partial charge on any atom is -0.422 e. The molecule has 0 aromatic heterocycles. The number of ether oxygens (including phenoxy) is 2. The molecular formula is C26H19NO4. The molecule has 1 heterocycles. The molecule has 0 N–H and O–H groups in total. The Labute approximate surface area is 180 Å². The molecule has 0 saturated carbocycles. The Bertz CT molecular complexity index is 1220. The number of carbonyl (C=O) groups is 2. The van der Waals surface area contributed by atoms with E-state index in [1.54, 1.807) is 54.6 Å². The smallest absolute Gasteiger partial charge is 0.363 e. The first kappa shape index (κ1) is 20.0. The van der Waals surface area contributed by atoms with Crippen molar-refractivity contribution in [2.24, 2.45) is 4.99 Å². The fourth-order valence-corrected chi connectivity index (χ4v) is 3.00. The number of nitrogens with zero attached hydrogens (tertiary/aromatic N) is 1. The van der Waals surface area contributed by atoms with E-state index in [0.717, 1.165) is 11.1 Å². The van der Waals surface area contributed by atoms with Gasteiger partial charge in [-0.05, 0) is 42.8 Å². The first-order chi connectivity index (χ1) is 15.1. The molecule has 0 atom stereocenters. The van der Waals surface area contributed by atoms with Crippen LogP contribution in [0, 0.1) is 6.92 Å². The number of aliphatic imine (C=N–C) groups is 1. The second-order valence-corrected chi connectivity index (χ2v) is 6.91. The molecule has 1 aliphatic heterocycles. The van der Waals surface area contributed by atoms with E-state index in [-0.39, 0.29) is 11.6 Å². The maximum atomic E-state index is 12.5. The molecule has 31 heavy (non-hydrogen) atoms. The summed E-state index contributed by atoms with van der Waals surface area (Å²) in [5, 5.41) is 0. The summed E-state index contributed by atoms with van der Waals surface area (Å²) in [4.78, 5) is 29.0. The van der Waals surface area contributed by atoms with Crippen molar-refractivity contribution in [3.05, 3.63) is 113 Å². The lowest BCUT2D eigenvalue weighted by atomic mass is 10.1. The molecule has 0 bridgehead atoms. The number of hydrogen-bond acceptors (Lipinski definition) is 5. The topological polar surface area (TPSA) is 65.0 Å². The van der Waals surface area contributed by atoms with Crippen LogP contribution in [0.25, 0.3) is 12.2 Å². The van der Waals surface area contributed by atoms with Crippen LogP contribution in [0.4, 0.5) is 0 Å². The molecule has 4 rings (SSSR count). The average Bonchev–Trinajstić information content (AvgIpc) is 3.13. The van der Waals surface area contributed by atoms with Crippen LogP contribution in [0.15, 0.2) is 95.6 Å². The zero-order valence-electron chi connectivity index (χ0n) is 16.8. The fourth-order valence-electron chi connectivity index (χ4n) is 3.00. The van der Waals surface area contributed by atoms with Crippen LogP contribution in [0.2, 0.25) is 0 Å². The highest BCUT2D eigenvalue weighted by molar-refractivity contribution is 6.11. The fraction of sp³-hybridized carbons (Fsp3) is 0.0385. The molecule has 0 unspecified atom stereocenters. The van der Waals surface area contributed by atoms with Crippen LogP contribution in [0.3, 0.4) is 0 Å². The van der Waals surface area contributed by atoms with Crippen molar-refractivity contribution in [1.29, 1.82) is 0 Å². The number of esters is 2. The van der Waals surface area contributed by atoms with E-state index in [1.165, 1.54) is 0 Å². The SMILES string of the molecule is Cc1cccc(C(=O)Oc2ccccc2/C=C2N=C(/C=C/c3ccccc3)OC/2=O)c1. The summed E-state index contributed by atoms with van der Waals surface area (Å²) in [6.07, 6.45) is 4.99. The van der Waals surface area contributed by atoms with E-state index in [0.29, 0.717) is 16.9 Å². The molecule has 0 spiro atoms. The third-order valence-electron chi connectivity index (χ3n) is 4.52. The van der Waals surface area contributed by atoms with Gasteiger partial charge < -0.3 is 9.47 Å². The van der Waals surface area contributed by atoms with E-state index >= 15 is 0 Å². The minimum atomic E-state index is -0.562. The molecule has 5 nitrogen and oxygen atoms in total. The molecule has 5 heteroatoms. The molecule has 0 radical (unpaired) electrons. The molecule has 3 aromatic rings. The Morgan fingerprint density at radius 2 is 1.71 bits per heavy atom. The molecule has 0 amide bonds. The zero-order chi connectivity index (χ0) is 21.6. The Morgan fingerprint density at radius 3 is 2.52 bits per heavy atom. The molecule has 1 aliphatic rings. The summed E-state index contributed by atoms with van der Waals surface area (Å²) in [5.74, 6) is -0.502. The predicted octanol–water partition coefficient (Wildman–Crippen LogP) is 5.22. The summed E-state index contributed by atoms with van der Waals surface area (Å²) >= 11 is 0. The molecular weight excluding hydrogens is 390 g/mol. The number of rotatable bonds is 5. The van der Waals surface area contributed by atoms with Gasteiger partial charge in [0.25, 0.3) is 0 Å². The summed E-state index contributed by atoms with van der Waals surface area (Å²) < 4.78 is 10.8. The van der Waals surface area contributed by atoms with Crippen molar-refractivity contribution in [3.8, 4) is 5.75 Å². The highest BCUT2D eigenvalue weighted by Crippen LogP contribution is 2.25. The van der Waals surface area contributed by atoms with E-state index in [2.05, 4.69) is 4.99 Å². The third kappa shape index (κ3) is 5.03. The normalized spacial score (nSPS) is 14.5. The number of carbonyl (C=O) groups excluding carboxylic acids is 2. The van der Waals surface area contributed by atoms with Crippen LogP contribution >= 0.6 is 0 Å². The lowest BCUT2D eigenvalue weighted by molar-refractivity contribution is -0.129. The monoisotopic (exact) mass is 409 g/mol. The number of cyclic esters (lactones) is 1. The molecule has 0 aliphatic carbocycles. The highest BCUT2D eigenvalue weighted by atomic mass is 16.6. The molecule has 0 fully saturated rings. The zero-order valence-corrected chi connectivity index (χ0v) is 16.8. The summed E-state index contributed by atoms with van der Waals surface area (Å²) in [5.41, 5.74) is 3.06. The first-order valence-electron chi connectivity index (χ1n) is 9.72. The molecule has 0 saturated heterocycles. The standard InChI is InChI=1S/C26H19NO4/c1-18-8-7-12-21(16-18)25(28)30-23-13-6-5-11-20(23)17-22-26(29)31-24(27-22)15-14-19-9-3-2-4-10-19/h2-17H,1H3/b15-14+,22-17+. The van der Waals surface area contributed by atoms with Crippen molar-refractivity contribution in [2.45, 2.75) is 6.92 Å². The Morgan fingerprint density at radius 1 is 0.935 bits per heavy atom. The van der Waals surface area contributed by atoms with Gasteiger partial charge in [0.1, 0.15) is 5.75 Å². The number of hydrogen-bond donors (Lipinski definition) is 0.